The Kier molecular flexibility index (Phi) is 2.19. The number of nitrogens with two attached hydrogens (primary N) is 1. The molecule has 0 unspecified atom stereocenters. The molecule has 0 aliphatic heterocycles. The van der Waals surface area contributed by atoms with Crippen LogP contribution in [-0.2, 0) is 0 Å². The second kappa shape index (κ2) is 3.70. The summed E-state index contributed by atoms with van der Waals surface area (Å²) in [7, 11) is 1.75. The molecule has 3 aromatic rings. The molecule has 17 heavy (non-hydrogen) atoms. The molecule has 7 heteroatoms. The third-order valence-corrected chi connectivity index (χ3v) is 3.33. The standard InChI is InChI=1S/C10H10N6S/c1-12-9-14-8(11)16(15-9)10-13-6-4-2-3-5-7(6)17-10/h2-5H,1H3,(H3,11,12,14,15). The number of hydrogen-bond donors (Lipinski definition) is 2. The molecule has 0 fully saturated rings. The van der Waals surface area contributed by atoms with Crippen molar-refractivity contribution in [1.29, 1.82) is 0 Å². The van der Waals surface area contributed by atoms with Crippen molar-refractivity contribution in [2.45, 2.75) is 0 Å². The van der Waals surface area contributed by atoms with Gasteiger partial charge in [-0.2, -0.15) is 9.67 Å². The summed E-state index contributed by atoms with van der Waals surface area (Å²) in [6, 6.07) is 7.91. The molecule has 0 saturated heterocycles. The number of nitrogens with one attached hydrogen (secondary N) is 1. The zero-order valence-electron chi connectivity index (χ0n) is 9.08. The van der Waals surface area contributed by atoms with Gasteiger partial charge >= 0.3 is 0 Å². The maximum Gasteiger partial charge on any atom is 0.244 e. The average molecular weight is 246 g/mol. The number of hydrogen-bond acceptors (Lipinski definition) is 6. The molecule has 0 aliphatic rings. The number of anilines is 2. The molecule has 3 rings (SSSR count). The van der Waals surface area contributed by atoms with Crippen LogP contribution < -0.4 is 11.1 Å². The molecule has 0 aliphatic carbocycles. The van der Waals surface area contributed by atoms with Gasteiger partial charge in [0.05, 0.1) is 10.2 Å². The summed E-state index contributed by atoms with van der Waals surface area (Å²) in [5.74, 6) is 0.815. The first-order valence-corrected chi connectivity index (χ1v) is 5.86. The van der Waals surface area contributed by atoms with E-state index in [-0.39, 0.29) is 0 Å². The Morgan fingerprint density at radius 2 is 2.12 bits per heavy atom. The van der Waals surface area contributed by atoms with Gasteiger partial charge in [-0.3, -0.25) is 0 Å². The van der Waals surface area contributed by atoms with Crippen molar-refractivity contribution in [3.05, 3.63) is 24.3 Å². The van der Waals surface area contributed by atoms with Crippen LogP contribution in [0.5, 0.6) is 0 Å². The van der Waals surface area contributed by atoms with Crippen LogP contribution >= 0.6 is 11.3 Å². The highest BCUT2D eigenvalue weighted by Gasteiger charge is 2.11. The van der Waals surface area contributed by atoms with Crippen molar-refractivity contribution in [3.63, 3.8) is 0 Å². The molecule has 2 heterocycles. The summed E-state index contributed by atoms with van der Waals surface area (Å²) in [5, 5.41) is 7.78. The fourth-order valence-electron chi connectivity index (χ4n) is 1.52. The number of para-hydroxylation sites is 1. The normalized spacial score (nSPS) is 10.9. The lowest BCUT2D eigenvalue weighted by Gasteiger charge is -1.94. The first-order valence-electron chi connectivity index (χ1n) is 5.04. The number of thiazole rings is 1. The van der Waals surface area contributed by atoms with Gasteiger partial charge in [-0.25, -0.2) is 4.98 Å². The Morgan fingerprint density at radius 1 is 1.29 bits per heavy atom. The van der Waals surface area contributed by atoms with Crippen molar-refractivity contribution in [3.8, 4) is 5.13 Å². The minimum absolute atomic E-state index is 0.327. The highest BCUT2D eigenvalue weighted by atomic mass is 32.1. The maximum absolute atomic E-state index is 5.79. The molecule has 3 N–H and O–H groups in total. The molecule has 0 atom stereocenters. The first-order chi connectivity index (χ1) is 8.28. The number of benzene rings is 1. The fourth-order valence-corrected chi connectivity index (χ4v) is 2.45. The van der Waals surface area contributed by atoms with E-state index in [2.05, 4.69) is 20.4 Å². The second-order valence-corrected chi connectivity index (χ2v) is 4.43. The predicted octanol–water partition coefficient (Wildman–Crippen LogP) is 1.50. The van der Waals surface area contributed by atoms with Crippen LogP contribution in [0.1, 0.15) is 0 Å². The van der Waals surface area contributed by atoms with Gasteiger partial charge < -0.3 is 11.1 Å². The zero-order chi connectivity index (χ0) is 11.8. The molecule has 2 aromatic heterocycles. The molecule has 1 aromatic carbocycles. The van der Waals surface area contributed by atoms with E-state index in [1.54, 1.807) is 7.05 Å². The van der Waals surface area contributed by atoms with E-state index < -0.39 is 0 Å². The molecule has 6 nitrogen and oxygen atoms in total. The van der Waals surface area contributed by atoms with Crippen molar-refractivity contribution in [2.24, 2.45) is 0 Å². The average Bonchev–Trinajstić information content (AvgIpc) is 2.91. The van der Waals surface area contributed by atoms with Crippen LogP contribution in [-0.4, -0.2) is 26.8 Å². The van der Waals surface area contributed by atoms with Gasteiger partial charge in [0.1, 0.15) is 0 Å². The van der Waals surface area contributed by atoms with Crippen LogP contribution in [0, 0.1) is 0 Å². The minimum atomic E-state index is 0.327. The zero-order valence-corrected chi connectivity index (χ0v) is 9.90. The third-order valence-electron chi connectivity index (χ3n) is 2.32. The Labute approximate surface area is 101 Å². The summed E-state index contributed by atoms with van der Waals surface area (Å²) in [4.78, 5) is 8.52. The van der Waals surface area contributed by atoms with E-state index in [1.807, 2.05) is 24.3 Å². The lowest BCUT2D eigenvalue weighted by Crippen LogP contribution is -2.01. The monoisotopic (exact) mass is 246 g/mol. The van der Waals surface area contributed by atoms with Crippen LogP contribution in [0.3, 0.4) is 0 Å². The largest absolute Gasteiger partial charge is 0.368 e. The summed E-state index contributed by atoms with van der Waals surface area (Å²) < 4.78 is 2.64. The molecular formula is C10H10N6S. The van der Waals surface area contributed by atoms with Crippen LogP contribution in [0.15, 0.2) is 24.3 Å². The second-order valence-electron chi connectivity index (χ2n) is 3.42. The molecule has 0 saturated carbocycles. The summed E-state index contributed by atoms with van der Waals surface area (Å²) in [6.45, 7) is 0. The predicted molar refractivity (Wildman–Crippen MR) is 68.5 cm³/mol. The van der Waals surface area contributed by atoms with Gasteiger partial charge in [0.15, 0.2) is 0 Å². The van der Waals surface area contributed by atoms with E-state index in [4.69, 9.17) is 5.73 Å². The van der Waals surface area contributed by atoms with Gasteiger partial charge in [0, 0.05) is 7.05 Å². The molecule has 0 amide bonds. The van der Waals surface area contributed by atoms with E-state index in [9.17, 15) is 0 Å². The number of rotatable bonds is 2. The van der Waals surface area contributed by atoms with Crippen molar-refractivity contribution in [1.82, 2.24) is 19.7 Å². The summed E-state index contributed by atoms with van der Waals surface area (Å²) in [6.07, 6.45) is 0. The number of nitrogens with zero attached hydrogens (tertiary/aromatic N) is 4. The van der Waals surface area contributed by atoms with Crippen LogP contribution in [0.25, 0.3) is 15.3 Å². The Balaban J connectivity index is 2.16. The van der Waals surface area contributed by atoms with E-state index in [0.29, 0.717) is 11.9 Å². The number of fused-ring (bicyclic) bond motifs is 1. The Morgan fingerprint density at radius 3 is 2.82 bits per heavy atom. The Bertz CT molecular complexity index is 637. The van der Waals surface area contributed by atoms with Crippen LogP contribution in [0.2, 0.25) is 0 Å². The van der Waals surface area contributed by atoms with Gasteiger partial charge in [-0.15, -0.1) is 5.10 Å². The van der Waals surface area contributed by atoms with Crippen molar-refractivity contribution < 1.29 is 0 Å². The molecule has 0 radical (unpaired) electrons. The topological polar surface area (TPSA) is 81.6 Å². The molecule has 0 bridgehead atoms. The van der Waals surface area contributed by atoms with Crippen molar-refractivity contribution in [2.75, 3.05) is 18.1 Å². The molecule has 86 valence electrons. The van der Waals surface area contributed by atoms with Crippen LogP contribution in [0.4, 0.5) is 11.9 Å². The van der Waals surface area contributed by atoms with E-state index >= 15 is 0 Å². The summed E-state index contributed by atoms with van der Waals surface area (Å²) in [5.41, 5.74) is 6.73. The molecular weight excluding hydrogens is 236 g/mol. The lowest BCUT2D eigenvalue weighted by atomic mass is 10.3. The quantitative estimate of drug-likeness (QED) is 0.716. The smallest absolute Gasteiger partial charge is 0.244 e. The third kappa shape index (κ3) is 1.60. The highest BCUT2D eigenvalue weighted by molar-refractivity contribution is 7.20. The lowest BCUT2D eigenvalue weighted by molar-refractivity contribution is 0.885. The number of aromatic nitrogens is 4. The van der Waals surface area contributed by atoms with Crippen molar-refractivity contribution >= 4 is 33.5 Å². The van der Waals surface area contributed by atoms with E-state index in [1.165, 1.54) is 16.0 Å². The van der Waals surface area contributed by atoms with Gasteiger partial charge in [-0.1, -0.05) is 23.5 Å². The van der Waals surface area contributed by atoms with E-state index in [0.717, 1.165) is 15.3 Å². The highest BCUT2D eigenvalue weighted by Crippen LogP contribution is 2.25. The fraction of sp³-hybridized carbons (Fsp3) is 0.100. The maximum atomic E-state index is 5.79. The van der Waals surface area contributed by atoms with Gasteiger partial charge in [0.2, 0.25) is 17.0 Å². The number of nitrogen functional groups attached to an aromatic ring is 1. The Hall–Kier alpha value is -2.15. The summed E-state index contributed by atoms with van der Waals surface area (Å²) >= 11 is 1.53. The molecule has 0 spiro atoms. The minimum Gasteiger partial charge on any atom is -0.368 e. The SMILES string of the molecule is CNc1nc(N)n(-c2nc3ccccc3s2)n1. The first kappa shape index (κ1) is 10.0. The van der Waals surface area contributed by atoms with Gasteiger partial charge in [0.25, 0.3) is 0 Å². The van der Waals surface area contributed by atoms with Gasteiger partial charge in [-0.05, 0) is 12.1 Å².